The van der Waals surface area contributed by atoms with Crippen molar-refractivity contribution in [3.8, 4) is 0 Å². The maximum atomic E-state index is 12.2. The third kappa shape index (κ3) is 4.73. The zero-order valence-corrected chi connectivity index (χ0v) is 13.2. The number of carbonyl (C=O) groups excluding carboxylic acids is 3. The van der Waals surface area contributed by atoms with Crippen LogP contribution >= 0.6 is 11.3 Å². The zero-order valence-electron chi connectivity index (χ0n) is 12.4. The van der Waals surface area contributed by atoms with Crippen LogP contribution in [0.2, 0.25) is 0 Å². The van der Waals surface area contributed by atoms with E-state index in [1.54, 1.807) is 12.3 Å². The van der Waals surface area contributed by atoms with Crippen LogP contribution in [0, 0.1) is 0 Å². The predicted octanol–water partition coefficient (Wildman–Crippen LogP) is -0.547. The molecule has 0 spiro atoms. The summed E-state index contributed by atoms with van der Waals surface area (Å²) in [5, 5.41) is 21.6. The number of aliphatic hydroxyl groups is 1. The molecule has 10 heteroatoms. The maximum absolute atomic E-state index is 12.2. The molecule has 2 rings (SSSR count). The van der Waals surface area contributed by atoms with E-state index in [9.17, 15) is 19.5 Å². The Labute approximate surface area is 136 Å². The van der Waals surface area contributed by atoms with Crippen LogP contribution in [0.15, 0.2) is 11.4 Å². The lowest BCUT2D eigenvalue weighted by atomic mass is 10.2. The second kappa shape index (κ2) is 8.02. The van der Waals surface area contributed by atoms with Gasteiger partial charge >= 0.3 is 6.09 Å². The number of anilines is 1. The van der Waals surface area contributed by atoms with Gasteiger partial charge in [-0.2, -0.15) is 0 Å². The molecular weight excluding hydrogens is 324 g/mol. The van der Waals surface area contributed by atoms with Crippen molar-refractivity contribution >= 4 is 34.2 Å². The molecule has 1 aromatic heterocycles. The number of piperazine rings is 1. The lowest BCUT2D eigenvalue weighted by Crippen LogP contribution is -2.58. The summed E-state index contributed by atoms with van der Waals surface area (Å²) in [5.41, 5.74) is 0.181. The summed E-state index contributed by atoms with van der Waals surface area (Å²) in [6.07, 6.45) is -1.53. The van der Waals surface area contributed by atoms with E-state index < -0.39 is 24.3 Å². The summed E-state index contributed by atoms with van der Waals surface area (Å²) in [4.78, 5) is 35.4. The van der Waals surface area contributed by atoms with Crippen LogP contribution in [0.4, 0.5) is 9.80 Å². The lowest BCUT2D eigenvalue weighted by Gasteiger charge is -2.27. The Morgan fingerprint density at radius 3 is 2.83 bits per heavy atom. The maximum Gasteiger partial charge on any atom is 0.414 e. The van der Waals surface area contributed by atoms with Gasteiger partial charge in [0.25, 0.3) is 5.91 Å². The molecule has 9 nitrogen and oxygen atoms in total. The molecule has 1 saturated heterocycles. The number of rotatable bonds is 4. The Morgan fingerprint density at radius 2 is 2.17 bits per heavy atom. The van der Waals surface area contributed by atoms with E-state index in [4.69, 9.17) is 0 Å². The average Bonchev–Trinajstić information content (AvgIpc) is 2.96. The fourth-order valence-corrected chi connectivity index (χ4v) is 2.74. The molecule has 2 unspecified atom stereocenters. The summed E-state index contributed by atoms with van der Waals surface area (Å²) in [6.45, 7) is 2.29. The third-order valence-corrected chi connectivity index (χ3v) is 3.90. The molecule has 0 aromatic carbocycles. The highest BCUT2D eigenvalue weighted by atomic mass is 32.1. The highest BCUT2D eigenvalue weighted by Crippen LogP contribution is 2.23. The summed E-state index contributed by atoms with van der Waals surface area (Å²) in [6, 6.07) is 0.979. The minimum absolute atomic E-state index is 0.151. The first-order valence-electron chi connectivity index (χ1n) is 7.02. The number of aliphatic hydroxyl groups excluding tert-OH is 1. The Morgan fingerprint density at radius 1 is 1.39 bits per heavy atom. The van der Waals surface area contributed by atoms with Gasteiger partial charge in [0.15, 0.2) is 0 Å². The third-order valence-electron chi connectivity index (χ3n) is 3.07. The molecule has 1 aliphatic rings. The molecule has 2 heterocycles. The molecule has 0 bridgehead atoms. The normalized spacial score (nSPS) is 20.6. The van der Waals surface area contributed by atoms with Crippen molar-refractivity contribution < 1.29 is 24.2 Å². The number of amides is 3. The predicted molar refractivity (Wildman–Crippen MR) is 83.2 cm³/mol. The molecule has 1 aromatic rings. The highest BCUT2D eigenvalue weighted by Gasteiger charge is 2.26. The van der Waals surface area contributed by atoms with E-state index in [0.29, 0.717) is 5.00 Å². The minimum Gasteiger partial charge on any atom is -0.450 e. The van der Waals surface area contributed by atoms with Gasteiger partial charge in [0.2, 0.25) is 5.91 Å². The van der Waals surface area contributed by atoms with Crippen molar-refractivity contribution in [3.05, 3.63) is 17.0 Å². The number of imide groups is 1. The van der Waals surface area contributed by atoms with Crippen LogP contribution < -0.4 is 21.3 Å². The molecule has 5 N–H and O–H groups in total. The Balaban J connectivity index is 1.96. The lowest BCUT2D eigenvalue weighted by molar-refractivity contribution is -0.118. The van der Waals surface area contributed by atoms with E-state index >= 15 is 0 Å². The van der Waals surface area contributed by atoms with E-state index in [0.717, 1.165) is 0 Å². The van der Waals surface area contributed by atoms with Gasteiger partial charge in [0, 0.05) is 13.1 Å². The molecule has 0 aliphatic carbocycles. The van der Waals surface area contributed by atoms with E-state index in [1.165, 1.54) is 17.4 Å². The van der Waals surface area contributed by atoms with Gasteiger partial charge < -0.3 is 20.5 Å². The smallest absolute Gasteiger partial charge is 0.414 e. The van der Waals surface area contributed by atoms with Gasteiger partial charge in [0.05, 0.1) is 18.2 Å². The van der Waals surface area contributed by atoms with Gasteiger partial charge in [-0.25, -0.2) is 4.79 Å². The van der Waals surface area contributed by atoms with Gasteiger partial charge in [-0.05, 0) is 18.4 Å². The number of carbonyl (C=O) groups is 3. The van der Waals surface area contributed by atoms with E-state index in [1.807, 2.05) is 0 Å². The topological polar surface area (TPSA) is 129 Å². The quantitative estimate of drug-likeness (QED) is 0.497. The molecule has 23 heavy (non-hydrogen) atoms. The largest absolute Gasteiger partial charge is 0.450 e. The van der Waals surface area contributed by atoms with Crippen molar-refractivity contribution in [1.29, 1.82) is 0 Å². The van der Waals surface area contributed by atoms with Gasteiger partial charge in [-0.15, -0.1) is 11.3 Å². The second-order valence-corrected chi connectivity index (χ2v) is 5.63. The van der Waals surface area contributed by atoms with Gasteiger partial charge in [-0.1, -0.05) is 0 Å². The number of β-amino-alcohol motifs (C(OH)–C–C–N with tert-alkyl or cyclic N) is 1. The SMILES string of the molecule is CCOC(=O)NC(=O)c1ccsc1NC(=O)C1CNC(O)CN1. The van der Waals surface area contributed by atoms with Crippen molar-refractivity contribution in [2.24, 2.45) is 0 Å². The average molecular weight is 342 g/mol. The molecule has 0 saturated carbocycles. The standard InChI is InChI=1S/C13H18N4O5S/c1-2-22-13(21)17-10(19)7-3-4-23-12(7)16-11(20)8-5-15-9(18)6-14-8/h3-4,8-9,14-15,18H,2,5-6H2,1H3,(H,16,20)(H,17,19,21). The second-order valence-electron chi connectivity index (χ2n) is 4.71. The molecule has 3 amide bonds. The first-order valence-corrected chi connectivity index (χ1v) is 7.90. The molecular formula is C13H18N4O5S. The summed E-state index contributed by atoms with van der Waals surface area (Å²) < 4.78 is 4.64. The fourth-order valence-electron chi connectivity index (χ4n) is 1.95. The summed E-state index contributed by atoms with van der Waals surface area (Å²) in [7, 11) is 0. The van der Waals surface area contributed by atoms with Crippen LogP contribution in [-0.2, 0) is 9.53 Å². The molecule has 2 atom stereocenters. The van der Waals surface area contributed by atoms with Crippen LogP contribution in [0.3, 0.4) is 0 Å². The van der Waals surface area contributed by atoms with Gasteiger partial charge in [-0.3, -0.25) is 20.2 Å². The zero-order chi connectivity index (χ0) is 16.8. The monoisotopic (exact) mass is 342 g/mol. The fraction of sp³-hybridized carbons (Fsp3) is 0.462. The minimum atomic E-state index is -0.840. The number of hydrogen-bond acceptors (Lipinski definition) is 8. The molecule has 126 valence electrons. The molecule has 1 aliphatic heterocycles. The number of nitrogens with one attached hydrogen (secondary N) is 4. The Hall–Kier alpha value is -2.01. The number of thiophene rings is 1. The van der Waals surface area contributed by atoms with Crippen molar-refractivity contribution in [2.75, 3.05) is 25.0 Å². The molecule has 1 fully saturated rings. The van der Waals surface area contributed by atoms with Crippen molar-refractivity contribution in [2.45, 2.75) is 19.2 Å². The van der Waals surface area contributed by atoms with Crippen LogP contribution in [0.5, 0.6) is 0 Å². The number of hydrogen-bond donors (Lipinski definition) is 5. The summed E-state index contributed by atoms with van der Waals surface area (Å²) in [5.74, 6) is -0.984. The van der Waals surface area contributed by atoms with Crippen molar-refractivity contribution in [3.63, 3.8) is 0 Å². The first-order chi connectivity index (χ1) is 11.0. The van der Waals surface area contributed by atoms with Crippen LogP contribution in [0.1, 0.15) is 17.3 Å². The Bertz CT molecular complexity index is 583. The Kier molecular flexibility index (Phi) is 6.04. The first kappa shape index (κ1) is 17.3. The van der Waals surface area contributed by atoms with Crippen molar-refractivity contribution in [1.82, 2.24) is 16.0 Å². The van der Waals surface area contributed by atoms with Crippen LogP contribution in [0.25, 0.3) is 0 Å². The van der Waals surface area contributed by atoms with Gasteiger partial charge in [0.1, 0.15) is 11.2 Å². The van der Waals surface area contributed by atoms with Crippen LogP contribution in [-0.4, -0.2) is 55.0 Å². The summed E-state index contributed by atoms with van der Waals surface area (Å²) >= 11 is 1.17. The number of ether oxygens (including phenoxy) is 1. The van der Waals surface area contributed by atoms with E-state index in [2.05, 4.69) is 26.0 Å². The highest BCUT2D eigenvalue weighted by molar-refractivity contribution is 7.14. The molecule has 0 radical (unpaired) electrons. The number of alkyl carbamates (subject to hydrolysis) is 1. The van der Waals surface area contributed by atoms with E-state index in [-0.39, 0.29) is 31.2 Å².